The van der Waals surface area contributed by atoms with Gasteiger partial charge in [-0.05, 0) is 44.9 Å². The second-order valence-electron chi connectivity index (χ2n) is 7.04. The van der Waals surface area contributed by atoms with Crippen LogP contribution in [0.2, 0.25) is 0 Å². The minimum Gasteiger partial charge on any atom is -0.376 e. The highest BCUT2D eigenvalue weighted by Crippen LogP contribution is 2.27. The Morgan fingerprint density at radius 3 is 2.50 bits per heavy atom. The van der Waals surface area contributed by atoms with Gasteiger partial charge in [-0.25, -0.2) is 8.42 Å². The van der Waals surface area contributed by atoms with Crippen LogP contribution in [0.4, 0.5) is 5.69 Å². The molecule has 2 rings (SSSR count). The zero-order valence-electron chi connectivity index (χ0n) is 15.9. The summed E-state index contributed by atoms with van der Waals surface area (Å²) < 4.78 is 27.2. The predicted octanol–water partition coefficient (Wildman–Crippen LogP) is 2.46. The summed E-state index contributed by atoms with van der Waals surface area (Å²) in [4.78, 5) is 19.2. The van der Waals surface area contributed by atoms with E-state index in [0.717, 1.165) is 30.2 Å². The van der Waals surface area contributed by atoms with Crippen LogP contribution in [0.3, 0.4) is 0 Å². The van der Waals surface area contributed by atoms with Gasteiger partial charge in [0.25, 0.3) is 10.0 Å². The highest BCUT2D eigenvalue weighted by atomic mass is 32.2. The molecule has 7 nitrogen and oxygen atoms in total. The number of carbonyl (C=O) groups is 1. The number of hydrogen-bond donors (Lipinski definition) is 1. The predicted molar refractivity (Wildman–Crippen MR) is 101 cm³/mol. The van der Waals surface area contributed by atoms with Crippen LogP contribution in [-0.4, -0.2) is 56.5 Å². The number of amides is 1. The molecule has 146 valence electrons. The average Bonchev–Trinajstić information content (AvgIpc) is 3.10. The highest BCUT2D eigenvalue weighted by molar-refractivity contribution is 7.89. The van der Waals surface area contributed by atoms with Gasteiger partial charge in [0.15, 0.2) is 0 Å². The van der Waals surface area contributed by atoms with Crippen molar-refractivity contribution in [2.75, 3.05) is 26.0 Å². The molecular weight excluding hydrogens is 354 g/mol. The van der Waals surface area contributed by atoms with Crippen molar-refractivity contribution in [3.05, 3.63) is 24.3 Å². The standard InChI is InChI=1S/C18H29N3O4S/c1-14(2)21(25-16-9-5-6-10-16)26(23,24)17-11-7-8-15(12-17)19-13-18(22)20(3)4/h7-8,11-12,14,16,19H,5-6,9-10,13H2,1-4H3. The van der Waals surface area contributed by atoms with Crippen LogP contribution in [0.25, 0.3) is 0 Å². The molecule has 1 saturated carbocycles. The Labute approximate surface area is 156 Å². The van der Waals surface area contributed by atoms with Gasteiger partial charge in [-0.3, -0.25) is 9.63 Å². The molecule has 0 spiro atoms. The van der Waals surface area contributed by atoms with E-state index in [1.54, 1.807) is 46.1 Å². The van der Waals surface area contributed by atoms with E-state index in [-0.39, 0.29) is 29.5 Å². The van der Waals surface area contributed by atoms with Crippen LogP contribution in [0.1, 0.15) is 39.5 Å². The lowest BCUT2D eigenvalue weighted by atomic mass is 10.3. The van der Waals surface area contributed by atoms with Gasteiger partial charge in [-0.1, -0.05) is 23.4 Å². The van der Waals surface area contributed by atoms with E-state index < -0.39 is 10.0 Å². The maximum Gasteiger partial charge on any atom is 0.265 e. The van der Waals surface area contributed by atoms with Crippen molar-refractivity contribution in [3.8, 4) is 0 Å². The number of anilines is 1. The van der Waals surface area contributed by atoms with Crippen molar-refractivity contribution in [2.24, 2.45) is 0 Å². The quantitative estimate of drug-likeness (QED) is 0.698. The number of nitrogens with zero attached hydrogens (tertiary/aromatic N) is 2. The van der Waals surface area contributed by atoms with E-state index in [1.165, 1.54) is 11.0 Å². The Kier molecular flexibility index (Phi) is 7.02. The molecule has 8 heteroatoms. The summed E-state index contributed by atoms with van der Waals surface area (Å²) in [5.41, 5.74) is 0.575. The Morgan fingerprint density at radius 1 is 1.27 bits per heavy atom. The minimum absolute atomic E-state index is 0.0498. The number of rotatable bonds is 8. The lowest BCUT2D eigenvalue weighted by molar-refractivity contribution is -0.146. The van der Waals surface area contributed by atoms with Crippen LogP contribution >= 0.6 is 0 Å². The molecule has 26 heavy (non-hydrogen) atoms. The number of nitrogens with one attached hydrogen (secondary N) is 1. The maximum atomic E-state index is 13.1. The Balaban J connectivity index is 2.17. The Morgan fingerprint density at radius 2 is 1.92 bits per heavy atom. The zero-order chi connectivity index (χ0) is 19.3. The van der Waals surface area contributed by atoms with E-state index in [9.17, 15) is 13.2 Å². The van der Waals surface area contributed by atoms with E-state index in [2.05, 4.69) is 5.32 Å². The Hall–Kier alpha value is -1.64. The summed E-state index contributed by atoms with van der Waals surface area (Å²) in [6.45, 7) is 3.69. The van der Waals surface area contributed by atoms with Gasteiger partial charge >= 0.3 is 0 Å². The topological polar surface area (TPSA) is 79.0 Å². The van der Waals surface area contributed by atoms with E-state index in [4.69, 9.17) is 4.84 Å². The van der Waals surface area contributed by atoms with Crippen molar-refractivity contribution >= 4 is 21.6 Å². The van der Waals surface area contributed by atoms with Gasteiger partial charge in [0, 0.05) is 25.8 Å². The molecule has 0 atom stereocenters. The molecule has 1 amide bonds. The largest absolute Gasteiger partial charge is 0.376 e. The smallest absolute Gasteiger partial charge is 0.265 e. The fourth-order valence-corrected chi connectivity index (χ4v) is 4.33. The number of hydrogen-bond acceptors (Lipinski definition) is 5. The molecule has 1 aliphatic rings. The van der Waals surface area contributed by atoms with Crippen molar-refractivity contribution in [1.29, 1.82) is 0 Å². The molecule has 0 heterocycles. The minimum atomic E-state index is -3.79. The summed E-state index contributed by atoms with van der Waals surface area (Å²) in [7, 11) is -0.445. The molecule has 0 aromatic heterocycles. The summed E-state index contributed by atoms with van der Waals surface area (Å²) in [6.07, 6.45) is 3.84. The number of sulfonamides is 1. The third-order valence-electron chi connectivity index (χ3n) is 4.29. The van der Waals surface area contributed by atoms with Crippen LogP contribution in [0.5, 0.6) is 0 Å². The van der Waals surface area contributed by atoms with Crippen molar-refractivity contribution in [1.82, 2.24) is 9.37 Å². The summed E-state index contributed by atoms with van der Waals surface area (Å²) in [5, 5.41) is 2.96. The first-order valence-electron chi connectivity index (χ1n) is 8.97. The molecule has 0 saturated heterocycles. The molecule has 0 aliphatic heterocycles. The van der Waals surface area contributed by atoms with Gasteiger partial charge in [0.1, 0.15) is 0 Å². The first kappa shape index (κ1) is 20.7. The fourth-order valence-electron chi connectivity index (χ4n) is 2.80. The van der Waals surface area contributed by atoms with Crippen LogP contribution in [0, 0.1) is 0 Å². The second-order valence-corrected chi connectivity index (χ2v) is 8.82. The first-order chi connectivity index (χ1) is 12.2. The summed E-state index contributed by atoms with van der Waals surface area (Å²) >= 11 is 0. The number of carbonyl (C=O) groups excluding carboxylic acids is 1. The lowest BCUT2D eigenvalue weighted by Gasteiger charge is -2.28. The first-order valence-corrected chi connectivity index (χ1v) is 10.4. The third kappa shape index (κ3) is 5.18. The van der Waals surface area contributed by atoms with Gasteiger partial charge in [0.2, 0.25) is 5.91 Å². The molecule has 0 bridgehead atoms. The van der Waals surface area contributed by atoms with Crippen molar-refractivity contribution in [3.63, 3.8) is 0 Å². The molecule has 0 unspecified atom stereocenters. The molecule has 1 aromatic rings. The lowest BCUT2D eigenvalue weighted by Crippen LogP contribution is -2.39. The average molecular weight is 384 g/mol. The number of hydroxylamine groups is 1. The van der Waals surface area contributed by atoms with Crippen LogP contribution in [0.15, 0.2) is 29.2 Å². The van der Waals surface area contributed by atoms with E-state index >= 15 is 0 Å². The van der Waals surface area contributed by atoms with Gasteiger partial charge in [0.05, 0.1) is 17.5 Å². The Bertz CT molecular complexity index is 713. The molecule has 1 N–H and O–H groups in total. The van der Waals surface area contributed by atoms with Crippen LogP contribution < -0.4 is 5.32 Å². The zero-order valence-corrected chi connectivity index (χ0v) is 16.8. The van der Waals surface area contributed by atoms with Gasteiger partial charge in [-0.15, -0.1) is 0 Å². The highest BCUT2D eigenvalue weighted by Gasteiger charge is 2.32. The molecule has 1 fully saturated rings. The molecule has 1 aliphatic carbocycles. The number of benzene rings is 1. The monoisotopic (exact) mass is 383 g/mol. The SMILES string of the molecule is CC(C)N(OC1CCCC1)S(=O)(=O)c1cccc(NCC(=O)N(C)C)c1. The van der Waals surface area contributed by atoms with E-state index in [1.807, 2.05) is 0 Å². The van der Waals surface area contributed by atoms with Crippen LogP contribution in [-0.2, 0) is 19.7 Å². The molecule has 1 aromatic carbocycles. The normalized spacial score (nSPS) is 15.6. The molecule has 0 radical (unpaired) electrons. The summed E-state index contributed by atoms with van der Waals surface area (Å²) in [6, 6.07) is 6.16. The number of likely N-dealkylation sites (N-methyl/N-ethyl adjacent to an activating group) is 1. The fraction of sp³-hybridized carbons (Fsp3) is 0.611. The van der Waals surface area contributed by atoms with Crippen molar-refractivity contribution < 1.29 is 18.0 Å². The summed E-state index contributed by atoms with van der Waals surface area (Å²) in [5.74, 6) is -0.0911. The van der Waals surface area contributed by atoms with E-state index in [0.29, 0.717) is 5.69 Å². The molecular formula is C18H29N3O4S. The van der Waals surface area contributed by atoms with Gasteiger partial charge in [-0.2, -0.15) is 0 Å². The second kappa shape index (κ2) is 8.83. The maximum absolute atomic E-state index is 13.1. The van der Waals surface area contributed by atoms with Crippen molar-refractivity contribution in [2.45, 2.75) is 56.6 Å². The third-order valence-corrected chi connectivity index (χ3v) is 6.12. The van der Waals surface area contributed by atoms with Gasteiger partial charge < -0.3 is 10.2 Å².